The van der Waals surface area contributed by atoms with Gasteiger partial charge in [-0.2, -0.15) is 5.10 Å². The van der Waals surface area contributed by atoms with Crippen LogP contribution < -0.4 is 10.6 Å². The second-order valence-electron chi connectivity index (χ2n) is 6.24. The monoisotopic (exact) mass is 405 g/mol. The average Bonchev–Trinajstić information content (AvgIpc) is 3.16. The molecule has 0 unspecified atom stereocenters. The zero-order valence-corrected chi connectivity index (χ0v) is 16.1. The highest BCUT2D eigenvalue weighted by atomic mass is 16.6. The lowest BCUT2D eigenvalue weighted by atomic mass is 10.2. The quantitative estimate of drug-likeness (QED) is 0.353. The van der Waals surface area contributed by atoms with E-state index in [4.69, 9.17) is 0 Å². The molecule has 2 aromatic carbocycles. The van der Waals surface area contributed by atoms with Crippen molar-refractivity contribution in [2.24, 2.45) is 0 Å². The van der Waals surface area contributed by atoms with Crippen LogP contribution in [0.4, 0.5) is 17.1 Å². The number of benzene rings is 2. The summed E-state index contributed by atoms with van der Waals surface area (Å²) in [5, 5.41) is 20.4. The number of aryl methyl sites for hydroxylation is 1. The molecular weight excluding hydrogens is 386 g/mol. The van der Waals surface area contributed by atoms with Crippen LogP contribution in [0.5, 0.6) is 0 Å². The number of para-hydroxylation sites is 1. The highest BCUT2D eigenvalue weighted by Gasteiger charge is 2.18. The molecule has 0 atom stereocenters. The summed E-state index contributed by atoms with van der Waals surface area (Å²) in [4.78, 5) is 35.3. The van der Waals surface area contributed by atoms with Crippen molar-refractivity contribution in [3.8, 4) is 0 Å². The Morgan fingerprint density at radius 3 is 2.60 bits per heavy atom. The van der Waals surface area contributed by atoms with E-state index in [0.29, 0.717) is 17.8 Å². The van der Waals surface area contributed by atoms with Crippen molar-refractivity contribution in [1.82, 2.24) is 9.78 Å². The van der Waals surface area contributed by atoms with Gasteiger partial charge >= 0.3 is 0 Å². The van der Waals surface area contributed by atoms with Crippen LogP contribution in [0.2, 0.25) is 0 Å². The van der Waals surface area contributed by atoms with Crippen LogP contribution in [0.3, 0.4) is 0 Å². The minimum absolute atomic E-state index is 0.0679. The lowest BCUT2D eigenvalue weighted by Crippen LogP contribution is -2.17. The van der Waals surface area contributed by atoms with E-state index in [-0.39, 0.29) is 17.1 Å². The maximum Gasteiger partial charge on any atom is 0.278 e. The van der Waals surface area contributed by atoms with Gasteiger partial charge in [0.1, 0.15) is 0 Å². The molecule has 9 nitrogen and oxygen atoms in total. The molecule has 3 aromatic rings. The number of amides is 2. The fourth-order valence-electron chi connectivity index (χ4n) is 2.64. The van der Waals surface area contributed by atoms with E-state index in [0.717, 1.165) is 0 Å². The zero-order chi connectivity index (χ0) is 21.5. The third-order valence-corrected chi connectivity index (χ3v) is 4.10. The first-order chi connectivity index (χ1) is 14.5. The Labute approximate surface area is 172 Å². The number of nitrogens with one attached hydrogen (secondary N) is 2. The highest BCUT2D eigenvalue weighted by molar-refractivity contribution is 6.10. The van der Waals surface area contributed by atoms with Crippen molar-refractivity contribution < 1.29 is 14.5 Å². The molecule has 0 spiro atoms. The van der Waals surface area contributed by atoms with Gasteiger partial charge < -0.3 is 10.6 Å². The summed E-state index contributed by atoms with van der Waals surface area (Å²) in [5.41, 5.74) is 1.39. The molecule has 2 amide bonds. The van der Waals surface area contributed by atoms with Gasteiger partial charge in [0.2, 0.25) is 5.91 Å². The number of nitro groups is 1. The Kier molecular flexibility index (Phi) is 6.33. The normalized spacial score (nSPS) is 10.7. The van der Waals surface area contributed by atoms with E-state index in [9.17, 15) is 19.7 Å². The van der Waals surface area contributed by atoms with Crippen LogP contribution in [-0.2, 0) is 11.3 Å². The van der Waals surface area contributed by atoms with Crippen LogP contribution in [0, 0.1) is 10.1 Å². The lowest BCUT2D eigenvalue weighted by Gasteiger charge is -2.05. The maximum atomic E-state index is 12.6. The van der Waals surface area contributed by atoms with Gasteiger partial charge in [-0.1, -0.05) is 30.3 Å². The molecule has 2 N–H and O–H groups in total. The van der Waals surface area contributed by atoms with Gasteiger partial charge in [0.05, 0.1) is 10.6 Å². The zero-order valence-electron chi connectivity index (χ0n) is 16.1. The summed E-state index contributed by atoms with van der Waals surface area (Å²) in [6, 6.07) is 14.8. The molecule has 1 heterocycles. The molecule has 152 valence electrons. The first-order valence-corrected chi connectivity index (χ1v) is 9.13. The molecule has 1 aromatic heterocycles. The molecular formula is C21H19N5O4. The average molecular weight is 405 g/mol. The van der Waals surface area contributed by atoms with Gasteiger partial charge in [-0.15, -0.1) is 0 Å². The number of hydrogen-bond acceptors (Lipinski definition) is 5. The first-order valence-electron chi connectivity index (χ1n) is 9.13. The summed E-state index contributed by atoms with van der Waals surface area (Å²) in [7, 11) is 0. The molecule has 0 aliphatic rings. The summed E-state index contributed by atoms with van der Waals surface area (Å²) in [6.45, 7) is 2.38. The largest absolute Gasteiger partial charge is 0.321 e. The number of nitrogens with zero attached hydrogens (tertiary/aromatic N) is 3. The van der Waals surface area contributed by atoms with Crippen LogP contribution in [0.25, 0.3) is 6.08 Å². The number of carbonyl (C=O) groups is 2. The third-order valence-electron chi connectivity index (χ3n) is 4.10. The van der Waals surface area contributed by atoms with E-state index in [1.54, 1.807) is 41.2 Å². The number of nitro benzene ring substituents is 1. The van der Waals surface area contributed by atoms with Crippen molar-refractivity contribution in [2.45, 2.75) is 13.5 Å². The Morgan fingerprint density at radius 2 is 1.90 bits per heavy atom. The van der Waals surface area contributed by atoms with Crippen LogP contribution in [0.1, 0.15) is 23.0 Å². The van der Waals surface area contributed by atoms with Crippen LogP contribution in [-0.4, -0.2) is 26.5 Å². The predicted octanol–water partition coefficient (Wildman–Crippen LogP) is 3.72. The van der Waals surface area contributed by atoms with Crippen molar-refractivity contribution in [1.29, 1.82) is 0 Å². The first kappa shape index (κ1) is 20.5. The van der Waals surface area contributed by atoms with E-state index >= 15 is 0 Å². The maximum absolute atomic E-state index is 12.6. The van der Waals surface area contributed by atoms with Crippen LogP contribution in [0.15, 0.2) is 66.9 Å². The van der Waals surface area contributed by atoms with Gasteiger partial charge in [0.15, 0.2) is 5.69 Å². The Balaban J connectivity index is 1.75. The topological polar surface area (TPSA) is 119 Å². The van der Waals surface area contributed by atoms with Crippen molar-refractivity contribution in [3.05, 3.63) is 88.2 Å². The predicted molar refractivity (Wildman–Crippen MR) is 113 cm³/mol. The molecule has 0 saturated heterocycles. The van der Waals surface area contributed by atoms with Gasteiger partial charge in [0, 0.05) is 36.6 Å². The number of aromatic nitrogens is 2. The van der Waals surface area contributed by atoms with E-state index in [2.05, 4.69) is 15.7 Å². The minimum atomic E-state index is -0.506. The molecule has 0 aliphatic heterocycles. The standard InChI is InChI=1S/C21H19N5O4/c1-2-25-14-18(20(24-25)21(28)22-16-8-4-3-5-9-16)23-19(27)12-11-15-7-6-10-17(13-15)26(29)30/h3-14H,2H2,1H3,(H,22,28)(H,23,27)/b12-11+. The number of carbonyl (C=O) groups excluding carboxylic acids is 2. The van der Waals surface area contributed by atoms with Crippen molar-refractivity contribution >= 4 is 35.0 Å². The number of anilines is 2. The second kappa shape index (κ2) is 9.28. The minimum Gasteiger partial charge on any atom is -0.321 e. The van der Waals surface area contributed by atoms with E-state index < -0.39 is 16.7 Å². The highest BCUT2D eigenvalue weighted by Crippen LogP contribution is 2.18. The fourth-order valence-corrected chi connectivity index (χ4v) is 2.64. The second-order valence-corrected chi connectivity index (χ2v) is 6.24. The summed E-state index contributed by atoms with van der Waals surface area (Å²) < 4.78 is 1.54. The molecule has 9 heteroatoms. The SMILES string of the molecule is CCn1cc(NC(=O)/C=C/c2cccc([N+](=O)[O-])c2)c(C(=O)Nc2ccccc2)n1. The van der Waals surface area contributed by atoms with Gasteiger partial charge in [-0.3, -0.25) is 24.4 Å². The Hall–Kier alpha value is -4.27. The molecule has 30 heavy (non-hydrogen) atoms. The van der Waals surface area contributed by atoms with E-state index in [1.165, 1.54) is 30.4 Å². The molecule has 0 radical (unpaired) electrons. The molecule has 0 fully saturated rings. The van der Waals surface area contributed by atoms with Crippen molar-refractivity contribution in [3.63, 3.8) is 0 Å². The molecule has 0 bridgehead atoms. The van der Waals surface area contributed by atoms with Gasteiger partial charge in [-0.25, -0.2) is 0 Å². The summed E-state index contributed by atoms with van der Waals surface area (Å²) in [5.74, 6) is -0.947. The molecule has 3 rings (SSSR count). The number of hydrogen-bond donors (Lipinski definition) is 2. The Bertz CT molecular complexity index is 1110. The van der Waals surface area contributed by atoms with Crippen molar-refractivity contribution in [2.75, 3.05) is 10.6 Å². The van der Waals surface area contributed by atoms with E-state index in [1.807, 2.05) is 13.0 Å². The van der Waals surface area contributed by atoms with Crippen LogP contribution >= 0.6 is 0 Å². The third kappa shape index (κ3) is 5.16. The Morgan fingerprint density at radius 1 is 1.13 bits per heavy atom. The molecule has 0 aliphatic carbocycles. The summed E-state index contributed by atoms with van der Waals surface area (Å²) in [6.07, 6.45) is 4.26. The molecule has 0 saturated carbocycles. The summed E-state index contributed by atoms with van der Waals surface area (Å²) >= 11 is 0. The van der Waals surface area contributed by atoms with Gasteiger partial charge in [0.25, 0.3) is 11.6 Å². The smallest absolute Gasteiger partial charge is 0.278 e. The number of rotatable bonds is 7. The van der Waals surface area contributed by atoms with Gasteiger partial charge in [-0.05, 0) is 30.7 Å². The lowest BCUT2D eigenvalue weighted by molar-refractivity contribution is -0.384. The fraction of sp³-hybridized carbons (Fsp3) is 0.0952. The number of non-ortho nitro benzene ring substituents is 1.